The zero-order valence-electron chi connectivity index (χ0n) is 23.4. The van der Waals surface area contributed by atoms with Gasteiger partial charge in [-0.2, -0.15) is 23.0 Å². The van der Waals surface area contributed by atoms with Gasteiger partial charge in [0.05, 0.1) is 33.0 Å². The minimum atomic E-state index is -4.64. The molecule has 3 aliphatic rings. The second-order valence-corrected chi connectivity index (χ2v) is 11.6. The standard InChI is InChI=1S/C31H30ClF4N3O4/c1-3-21(30(11-12-30)31(34,35)36)25(22(32)4-2)28(41)39-24-16-17(27(40)38-13-5-6-14-38)7-10-20(24)26(37-39)19-9-8-18(29(42)43)15-23(19)33/h3-4,8-9,15,17H,2,5-7,10-14,16H2,1H3,(H,42,43)/b21-3+,25-22-. The van der Waals surface area contributed by atoms with Crippen molar-refractivity contribution in [1.82, 2.24) is 14.7 Å². The van der Waals surface area contributed by atoms with E-state index in [1.165, 1.54) is 25.1 Å². The van der Waals surface area contributed by atoms with E-state index in [9.17, 15) is 32.7 Å². The molecule has 2 aliphatic carbocycles. The molecule has 1 aromatic carbocycles. The number of hydrogen-bond acceptors (Lipinski definition) is 4. The zero-order valence-corrected chi connectivity index (χ0v) is 24.2. The highest BCUT2D eigenvalue weighted by molar-refractivity contribution is 6.34. The third-order valence-electron chi connectivity index (χ3n) is 8.70. The van der Waals surface area contributed by atoms with E-state index in [1.807, 2.05) is 0 Å². The van der Waals surface area contributed by atoms with Crippen LogP contribution in [0, 0.1) is 17.2 Å². The topological polar surface area (TPSA) is 92.5 Å². The van der Waals surface area contributed by atoms with Gasteiger partial charge in [0.2, 0.25) is 5.91 Å². The Morgan fingerprint density at radius 1 is 1.19 bits per heavy atom. The molecular weight excluding hydrogens is 590 g/mol. The van der Waals surface area contributed by atoms with Crippen molar-refractivity contribution >= 4 is 29.4 Å². The van der Waals surface area contributed by atoms with Gasteiger partial charge in [0.15, 0.2) is 0 Å². The van der Waals surface area contributed by atoms with Gasteiger partial charge in [-0.15, -0.1) is 0 Å². The summed E-state index contributed by atoms with van der Waals surface area (Å²) >= 11 is 6.39. The minimum absolute atomic E-state index is 0.0536. The Morgan fingerprint density at radius 3 is 2.40 bits per heavy atom. The molecule has 5 rings (SSSR count). The lowest BCUT2D eigenvalue weighted by molar-refractivity contribution is -0.174. The summed E-state index contributed by atoms with van der Waals surface area (Å²) in [6.45, 7) is 6.21. The molecule has 1 unspecified atom stereocenters. The third-order valence-corrected chi connectivity index (χ3v) is 9.04. The van der Waals surface area contributed by atoms with E-state index in [2.05, 4.69) is 11.7 Å². The smallest absolute Gasteiger partial charge is 0.398 e. The average Bonchev–Trinajstić information content (AvgIpc) is 3.44. The van der Waals surface area contributed by atoms with Gasteiger partial charge in [0, 0.05) is 36.6 Å². The molecule has 228 valence electrons. The zero-order chi connectivity index (χ0) is 31.3. The molecule has 12 heteroatoms. The largest absolute Gasteiger partial charge is 0.478 e. The monoisotopic (exact) mass is 619 g/mol. The minimum Gasteiger partial charge on any atom is -0.478 e. The molecule has 2 heterocycles. The predicted octanol–water partition coefficient (Wildman–Crippen LogP) is 6.72. The fourth-order valence-corrected chi connectivity index (χ4v) is 6.47. The van der Waals surface area contributed by atoms with Crippen molar-refractivity contribution in [3.8, 4) is 11.3 Å². The second kappa shape index (κ2) is 11.4. The molecule has 2 aromatic rings. The van der Waals surface area contributed by atoms with Crippen molar-refractivity contribution in [2.24, 2.45) is 11.3 Å². The average molecular weight is 620 g/mol. The molecule has 0 spiro atoms. The Balaban J connectivity index is 1.65. The Morgan fingerprint density at radius 2 is 1.86 bits per heavy atom. The van der Waals surface area contributed by atoms with Gasteiger partial charge in [-0.05, 0) is 75.3 Å². The van der Waals surface area contributed by atoms with Crippen LogP contribution in [0.5, 0.6) is 0 Å². The van der Waals surface area contributed by atoms with Gasteiger partial charge in [0.1, 0.15) is 5.82 Å². The Kier molecular flexibility index (Phi) is 8.15. The van der Waals surface area contributed by atoms with Crippen LogP contribution in [-0.4, -0.2) is 56.8 Å². The lowest BCUT2D eigenvalue weighted by Gasteiger charge is -2.28. The van der Waals surface area contributed by atoms with Gasteiger partial charge < -0.3 is 10.0 Å². The van der Waals surface area contributed by atoms with Crippen LogP contribution in [0.1, 0.15) is 65.4 Å². The number of aromatic carboxylic acids is 1. The summed E-state index contributed by atoms with van der Waals surface area (Å²) in [7, 11) is 0. The van der Waals surface area contributed by atoms with Gasteiger partial charge in [-0.3, -0.25) is 9.59 Å². The first kappa shape index (κ1) is 30.7. The van der Waals surface area contributed by atoms with Gasteiger partial charge >= 0.3 is 12.1 Å². The molecule has 1 aromatic heterocycles. The van der Waals surface area contributed by atoms with Crippen LogP contribution >= 0.6 is 11.6 Å². The second-order valence-electron chi connectivity index (χ2n) is 11.2. The van der Waals surface area contributed by atoms with Crippen LogP contribution in [0.3, 0.4) is 0 Å². The van der Waals surface area contributed by atoms with E-state index in [4.69, 9.17) is 11.6 Å². The Hall–Kier alpha value is -3.73. The number of nitrogens with zero attached hydrogens (tertiary/aromatic N) is 3. The number of carbonyl (C=O) groups excluding carboxylic acids is 2. The highest BCUT2D eigenvalue weighted by atomic mass is 35.5. The number of amides is 1. The molecule has 1 N–H and O–H groups in total. The number of fused-ring (bicyclic) bond motifs is 1. The number of carboxylic acid groups (broad SMARTS) is 1. The van der Waals surface area contributed by atoms with E-state index in [1.54, 1.807) is 4.90 Å². The quantitative estimate of drug-likeness (QED) is 0.211. The van der Waals surface area contributed by atoms with Crippen LogP contribution in [0.15, 0.2) is 53.1 Å². The molecule has 1 saturated heterocycles. The van der Waals surface area contributed by atoms with Crippen molar-refractivity contribution in [1.29, 1.82) is 0 Å². The number of aromatic nitrogens is 2. The van der Waals surface area contributed by atoms with Crippen molar-refractivity contribution in [3.05, 3.63) is 75.7 Å². The maximum absolute atomic E-state index is 15.3. The van der Waals surface area contributed by atoms with Gasteiger partial charge in [-0.25, -0.2) is 9.18 Å². The summed E-state index contributed by atoms with van der Waals surface area (Å²) in [5.74, 6) is -3.76. The summed E-state index contributed by atoms with van der Waals surface area (Å²) in [5.41, 5.74) is -2.52. The number of carbonyl (C=O) groups is 3. The summed E-state index contributed by atoms with van der Waals surface area (Å²) in [5, 5.41) is 13.4. The number of alkyl halides is 3. The van der Waals surface area contributed by atoms with E-state index < -0.39 is 40.8 Å². The fourth-order valence-electron chi connectivity index (χ4n) is 6.29. The number of rotatable bonds is 7. The lowest BCUT2D eigenvalue weighted by atomic mass is 9.84. The molecule has 1 aliphatic heterocycles. The third kappa shape index (κ3) is 5.32. The van der Waals surface area contributed by atoms with E-state index in [0.29, 0.717) is 25.1 Å². The normalized spacial score (nSPS) is 20.4. The SMILES string of the molecule is C=C/C(Cl)=C(C(=O)n1nc(-c2ccc(C(=O)O)cc2F)c2c1CC(C(=O)N1CCCC1)CC2)\C(=C/C)C1(C(F)(F)F)CC1. The molecule has 7 nitrogen and oxygen atoms in total. The number of benzene rings is 1. The van der Waals surface area contributed by atoms with Crippen molar-refractivity contribution in [2.45, 2.75) is 58.0 Å². The summed E-state index contributed by atoms with van der Waals surface area (Å²) < 4.78 is 59.0. The number of allylic oxidation sites excluding steroid dienone is 5. The van der Waals surface area contributed by atoms with Crippen LogP contribution in [0.25, 0.3) is 11.3 Å². The number of likely N-dealkylation sites (tertiary alicyclic amines) is 1. The number of halogens is 5. The molecule has 43 heavy (non-hydrogen) atoms. The summed E-state index contributed by atoms with van der Waals surface area (Å²) in [6, 6.07) is 3.28. The molecule has 2 fully saturated rings. The van der Waals surface area contributed by atoms with Gasteiger partial charge in [0.25, 0.3) is 5.91 Å². The summed E-state index contributed by atoms with van der Waals surface area (Å²) in [4.78, 5) is 40.7. The lowest BCUT2D eigenvalue weighted by Crippen LogP contribution is -2.37. The first-order valence-corrected chi connectivity index (χ1v) is 14.5. The van der Waals surface area contributed by atoms with Crippen molar-refractivity contribution in [3.63, 3.8) is 0 Å². The molecule has 1 atom stereocenters. The van der Waals surface area contributed by atoms with Crippen LogP contribution in [-0.2, 0) is 17.6 Å². The fraction of sp³-hybridized carbons (Fsp3) is 0.419. The van der Waals surface area contributed by atoms with Crippen LogP contribution in [0.2, 0.25) is 0 Å². The van der Waals surface area contributed by atoms with Crippen LogP contribution < -0.4 is 0 Å². The van der Waals surface area contributed by atoms with Gasteiger partial charge in [-0.1, -0.05) is 24.3 Å². The maximum Gasteiger partial charge on any atom is 0.398 e. The number of carboxylic acids is 1. The van der Waals surface area contributed by atoms with E-state index >= 15 is 4.39 Å². The maximum atomic E-state index is 15.3. The van der Waals surface area contributed by atoms with E-state index in [-0.39, 0.29) is 64.7 Å². The molecule has 0 bridgehead atoms. The van der Waals surface area contributed by atoms with Crippen molar-refractivity contribution < 1.29 is 37.1 Å². The predicted molar refractivity (Wildman–Crippen MR) is 151 cm³/mol. The Labute approximate surface area is 250 Å². The molecule has 0 radical (unpaired) electrons. The van der Waals surface area contributed by atoms with E-state index in [0.717, 1.165) is 29.7 Å². The highest BCUT2D eigenvalue weighted by Gasteiger charge is 2.66. The highest BCUT2D eigenvalue weighted by Crippen LogP contribution is 2.64. The van der Waals surface area contributed by atoms with Crippen molar-refractivity contribution in [2.75, 3.05) is 13.1 Å². The number of hydrogen-bond donors (Lipinski definition) is 1. The molecule has 1 saturated carbocycles. The first-order chi connectivity index (χ1) is 20.3. The molecular formula is C31H30ClF4N3O4. The first-order valence-electron chi connectivity index (χ1n) is 14.1. The van der Waals surface area contributed by atoms with Crippen LogP contribution in [0.4, 0.5) is 17.6 Å². The Bertz CT molecular complexity index is 1580. The molecule has 1 amide bonds. The summed E-state index contributed by atoms with van der Waals surface area (Å²) in [6.07, 6.45) is -0.283.